The van der Waals surface area contributed by atoms with E-state index < -0.39 is 0 Å². The second kappa shape index (κ2) is 8.44. The zero-order chi connectivity index (χ0) is 20.3. The molecule has 1 aromatic heterocycles. The maximum Gasteiger partial charge on any atom is 0.226 e. The number of hydrogen-bond donors (Lipinski definition) is 0. The van der Waals surface area contributed by atoms with E-state index in [0.717, 1.165) is 23.8 Å². The van der Waals surface area contributed by atoms with Crippen LogP contribution in [-0.4, -0.2) is 47.0 Å². The molecule has 4 rings (SSSR count). The number of rotatable bonds is 3. The van der Waals surface area contributed by atoms with Crippen LogP contribution in [0.2, 0.25) is 0 Å². The first-order valence-electron chi connectivity index (χ1n) is 9.09. The largest absolute Gasteiger partial charge is 0.331 e. The molecule has 0 saturated carbocycles. The Morgan fingerprint density at radius 2 is 1.89 bits per heavy atom. The summed E-state index contributed by atoms with van der Waals surface area (Å²) in [4.78, 5) is 11.5. The molecule has 0 fully saturated rings. The maximum absolute atomic E-state index is 4.22. The fraction of sp³-hybridized carbons (Fsp3) is 0.227. The van der Waals surface area contributed by atoms with Crippen LogP contribution in [0.3, 0.4) is 0 Å². The SMILES string of the molecule is C=C1N=CN(C)c2ncn(C)c21.C=[N+](CC)c1c(SC)ccc2ccccc12. The molecule has 2 aromatic carbocycles. The van der Waals surface area contributed by atoms with Crippen molar-refractivity contribution in [1.29, 1.82) is 0 Å². The monoisotopic (exact) mass is 392 g/mol. The molecule has 6 heteroatoms. The van der Waals surface area contributed by atoms with E-state index >= 15 is 0 Å². The molecule has 2 heterocycles. The van der Waals surface area contributed by atoms with Crippen molar-refractivity contribution in [3.63, 3.8) is 0 Å². The number of aryl methyl sites for hydroxylation is 1. The van der Waals surface area contributed by atoms with Gasteiger partial charge in [-0.3, -0.25) is 0 Å². The molecule has 1 aliphatic rings. The topological polar surface area (TPSA) is 36.4 Å². The minimum Gasteiger partial charge on any atom is -0.331 e. The molecule has 0 bridgehead atoms. The second-order valence-electron chi connectivity index (χ2n) is 6.52. The molecule has 1 aliphatic heterocycles. The van der Waals surface area contributed by atoms with Crippen molar-refractivity contribution in [2.75, 3.05) is 24.7 Å². The molecule has 0 radical (unpaired) electrons. The van der Waals surface area contributed by atoms with Gasteiger partial charge < -0.3 is 9.47 Å². The number of aromatic nitrogens is 2. The highest BCUT2D eigenvalue weighted by molar-refractivity contribution is 7.98. The summed E-state index contributed by atoms with van der Waals surface area (Å²) in [6.45, 7) is 11.0. The molecular weight excluding hydrogens is 366 g/mol. The Hall–Kier alpha value is -2.86. The molecule has 0 unspecified atom stereocenters. The average molecular weight is 393 g/mol. The van der Waals surface area contributed by atoms with Crippen molar-refractivity contribution in [3.05, 3.63) is 55.0 Å². The Morgan fingerprint density at radius 1 is 1.14 bits per heavy atom. The Labute approximate surface area is 170 Å². The molecule has 0 aliphatic carbocycles. The number of thioether (sulfide) groups is 1. The number of fused-ring (bicyclic) bond motifs is 2. The molecule has 144 valence electrons. The van der Waals surface area contributed by atoms with Gasteiger partial charge in [-0.25, -0.2) is 14.6 Å². The highest BCUT2D eigenvalue weighted by Crippen LogP contribution is 2.34. The van der Waals surface area contributed by atoms with Gasteiger partial charge in [-0.05, 0) is 30.7 Å². The highest BCUT2D eigenvalue weighted by Gasteiger charge is 2.18. The van der Waals surface area contributed by atoms with E-state index in [1.165, 1.54) is 21.4 Å². The third-order valence-corrected chi connectivity index (χ3v) is 5.46. The molecular formula is C22H26N5S+. The van der Waals surface area contributed by atoms with Crippen LogP contribution in [-0.2, 0) is 7.05 Å². The smallest absolute Gasteiger partial charge is 0.226 e. The summed E-state index contributed by atoms with van der Waals surface area (Å²) >= 11 is 1.77. The van der Waals surface area contributed by atoms with Crippen LogP contribution in [0.1, 0.15) is 12.6 Å². The van der Waals surface area contributed by atoms with Gasteiger partial charge in [0.25, 0.3) is 0 Å². The zero-order valence-corrected chi connectivity index (χ0v) is 17.7. The Morgan fingerprint density at radius 3 is 2.57 bits per heavy atom. The number of nitrogens with zero attached hydrogens (tertiary/aromatic N) is 5. The van der Waals surface area contributed by atoms with Crippen molar-refractivity contribution in [3.8, 4) is 0 Å². The maximum atomic E-state index is 4.22. The number of aliphatic imine (C=N–C) groups is 1. The van der Waals surface area contributed by atoms with Crippen LogP contribution in [0.15, 0.2) is 59.2 Å². The van der Waals surface area contributed by atoms with Gasteiger partial charge in [0.2, 0.25) is 5.69 Å². The lowest BCUT2D eigenvalue weighted by Gasteiger charge is -2.17. The predicted octanol–water partition coefficient (Wildman–Crippen LogP) is 4.80. The summed E-state index contributed by atoms with van der Waals surface area (Å²) in [5, 5.41) is 2.56. The Balaban J connectivity index is 0.000000167. The number of anilines is 1. The molecule has 0 saturated heterocycles. The first kappa shape index (κ1) is 19.9. The van der Waals surface area contributed by atoms with Crippen LogP contribution in [0.5, 0.6) is 0 Å². The first-order chi connectivity index (χ1) is 13.5. The summed E-state index contributed by atoms with van der Waals surface area (Å²) in [6, 6.07) is 12.8. The lowest BCUT2D eigenvalue weighted by atomic mass is 10.1. The summed E-state index contributed by atoms with van der Waals surface area (Å²) in [7, 11) is 3.85. The summed E-state index contributed by atoms with van der Waals surface area (Å²) < 4.78 is 3.98. The van der Waals surface area contributed by atoms with E-state index in [9.17, 15) is 0 Å². The third-order valence-electron chi connectivity index (χ3n) is 4.69. The number of benzene rings is 2. The zero-order valence-electron chi connectivity index (χ0n) is 16.9. The molecule has 0 N–H and O–H groups in total. The minimum atomic E-state index is 0.767. The first-order valence-corrected chi connectivity index (χ1v) is 10.3. The van der Waals surface area contributed by atoms with Crippen molar-refractivity contribution in [2.45, 2.75) is 11.8 Å². The van der Waals surface area contributed by atoms with Crippen LogP contribution in [0.4, 0.5) is 11.5 Å². The van der Waals surface area contributed by atoms with Gasteiger partial charge in [-0.1, -0.05) is 30.8 Å². The molecule has 28 heavy (non-hydrogen) atoms. The van der Waals surface area contributed by atoms with Crippen LogP contribution < -0.4 is 4.90 Å². The summed E-state index contributed by atoms with van der Waals surface area (Å²) in [5.41, 5.74) is 3.00. The third kappa shape index (κ3) is 3.73. The minimum absolute atomic E-state index is 0.767. The van der Waals surface area contributed by atoms with Crippen molar-refractivity contribution in [2.24, 2.45) is 12.0 Å². The lowest BCUT2D eigenvalue weighted by molar-refractivity contribution is -0.427. The van der Waals surface area contributed by atoms with Crippen molar-refractivity contribution >= 4 is 52.8 Å². The highest BCUT2D eigenvalue weighted by atomic mass is 32.2. The van der Waals surface area contributed by atoms with Crippen LogP contribution in [0, 0.1) is 0 Å². The quantitative estimate of drug-likeness (QED) is 0.365. The van der Waals surface area contributed by atoms with E-state index in [1.807, 2.05) is 23.6 Å². The normalized spacial score (nSPS) is 12.6. The van der Waals surface area contributed by atoms with Gasteiger partial charge in [0.15, 0.2) is 5.82 Å². The van der Waals surface area contributed by atoms with Crippen LogP contribution >= 0.6 is 11.8 Å². The van der Waals surface area contributed by atoms with Gasteiger partial charge in [0.1, 0.15) is 19.0 Å². The Bertz CT molecular complexity index is 1060. The van der Waals surface area contributed by atoms with Gasteiger partial charge in [0, 0.05) is 14.1 Å². The van der Waals surface area contributed by atoms with Gasteiger partial charge in [0.05, 0.1) is 28.6 Å². The van der Waals surface area contributed by atoms with E-state index in [4.69, 9.17) is 0 Å². The molecule has 0 amide bonds. The molecule has 0 atom stereocenters. The van der Waals surface area contributed by atoms with Crippen LogP contribution in [0.25, 0.3) is 16.5 Å². The molecule has 3 aromatic rings. The van der Waals surface area contributed by atoms with Gasteiger partial charge in [-0.15, -0.1) is 11.8 Å². The number of hydrogen-bond acceptors (Lipinski definition) is 4. The lowest BCUT2D eigenvalue weighted by Crippen LogP contribution is -2.19. The fourth-order valence-corrected chi connectivity index (χ4v) is 3.80. The van der Waals surface area contributed by atoms with E-state index in [0.29, 0.717) is 0 Å². The van der Waals surface area contributed by atoms with E-state index in [1.54, 1.807) is 24.4 Å². The fourth-order valence-electron chi connectivity index (χ4n) is 3.16. The average Bonchev–Trinajstić information content (AvgIpc) is 3.12. The van der Waals surface area contributed by atoms with Gasteiger partial charge >= 0.3 is 0 Å². The second-order valence-corrected chi connectivity index (χ2v) is 7.37. The van der Waals surface area contributed by atoms with Gasteiger partial charge in [-0.2, -0.15) is 0 Å². The summed E-state index contributed by atoms with van der Waals surface area (Å²) in [5.74, 6) is 0.914. The van der Waals surface area contributed by atoms with E-state index in [-0.39, 0.29) is 0 Å². The summed E-state index contributed by atoms with van der Waals surface area (Å²) in [6.07, 6.45) is 5.59. The molecule has 5 nitrogen and oxygen atoms in total. The van der Waals surface area contributed by atoms with Crippen molar-refractivity contribution < 1.29 is 4.58 Å². The van der Waals surface area contributed by atoms with E-state index in [2.05, 4.69) is 77.4 Å². The number of imidazole rings is 1. The standard InChI is InChI=1S/C14H16NS.C8H10N4/c1-4-15(2)14-12-8-6-5-7-11(12)9-10-13(14)16-3;1-6-7-8(10-5-11(7)2)12(3)4-9-6/h5-10H,2,4H2,1,3H3;4-5H,1H2,2-3H3/q+1;. The predicted molar refractivity (Wildman–Crippen MR) is 122 cm³/mol. The Kier molecular flexibility index (Phi) is 5.99. The van der Waals surface area contributed by atoms with Crippen molar-refractivity contribution in [1.82, 2.24) is 9.55 Å². The molecule has 0 spiro atoms.